The third-order valence-electron chi connectivity index (χ3n) is 3.88. The number of amides is 1. The van der Waals surface area contributed by atoms with Gasteiger partial charge in [-0.1, -0.05) is 23.8 Å². The summed E-state index contributed by atoms with van der Waals surface area (Å²) in [7, 11) is 0. The number of halogens is 2. The van der Waals surface area contributed by atoms with Gasteiger partial charge in [-0.05, 0) is 49.2 Å². The lowest BCUT2D eigenvalue weighted by atomic mass is 10.1. The minimum atomic E-state index is -0.254. The molecule has 0 saturated carbocycles. The molecule has 0 radical (unpaired) electrons. The van der Waals surface area contributed by atoms with Gasteiger partial charge in [0.2, 0.25) is 0 Å². The van der Waals surface area contributed by atoms with E-state index < -0.39 is 0 Å². The molecule has 3 nitrogen and oxygen atoms in total. The van der Waals surface area contributed by atoms with Crippen LogP contribution in [0.25, 0.3) is 10.4 Å². The van der Waals surface area contributed by atoms with Crippen LogP contribution in [0.3, 0.4) is 0 Å². The van der Waals surface area contributed by atoms with Gasteiger partial charge in [0.25, 0.3) is 5.91 Å². The lowest BCUT2D eigenvalue weighted by molar-refractivity contribution is 0.0960. The summed E-state index contributed by atoms with van der Waals surface area (Å²) in [5.74, 6) is -0.304. The molecule has 0 saturated heterocycles. The number of aryl methyl sites for hydroxylation is 1. The monoisotopic (exact) mass is 366 g/mol. The second-order valence-electron chi connectivity index (χ2n) is 5.63. The highest BCUT2D eigenvalue weighted by atomic mass is 35.5. The van der Waals surface area contributed by atoms with Crippen LogP contribution in [0.5, 0.6) is 0 Å². The molecule has 2 heterocycles. The number of benzene rings is 1. The molecule has 0 unspecified atom stereocenters. The molecule has 0 bridgehead atoms. The van der Waals surface area contributed by atoms with E-state index in [-0.39, 0.29) is 24.1 Å². The van der Waals surface area contributed by atoms with Gasteiger partial charge in [-0.15, -0.1) is 23.7 Å². The van der Waals surface area contributed by atoms with Gasteiger partial charge in [-0.25, -0.2) is 4.39 Å². The van der Waals surface area contributed by atoms with Crippen LogP contribution in [0.15, 0.2) is 42.0 Å². The summed E-state index contributed by atoms with van der Waals surface area (Å²) in [5, 5.41) is 6.24. The standard InChI is InChI=1S/C18H19FN2OS.ClH/c1-12-10-16(18(22)21-11-13-6-8-20-9-7-13)23-17(12)14-2-4-15(19)5-3-14;/h2-6,10,20H,7-9,11H2,1H3,(H,21,22);1H. The number of hydrogen-bond acceptors (Lipinski definition) is 3. The number of carbonyl (C=O) groups excluding carboxylic acids is 1. The first-order valence-corrected chi connectivity index (χ1v) is 8.48. The molecule has 0 atom stereocenters. The van der Waals surface area contributed by atoms with Crippen molar-refractivity contribution in [2.24, 2.45) is 0 Å². The quantitative estimate of drug-likeness (QED) is 0.805. The molecule has 1 aliphatic rings. The van der Waals surface area contributed by atoms with Crippen molar-refractivity contribution in [3.05, 3.63) is 58.2 Å². The Morgan fingerprint density at radius 2 is 2.08 bits per heavy atom. The lowest BCUT2D eigenvalue weighted by Crippen LogP contribution is -2.29. The average molecular weight is 367 g/mol. The predicted molar refractivity (Wildman–Crippen MR) is 99.6 cm³/mol. The maximum Gasteiger partial charge on any atom is 0.261 e. The summed E-state index contributed by atoms with van der Waals surface area (Å²) >= 11 is 1.45. The molecule has 1 aromatic heterocycles. The van der Waals surface area contributed by atoms with E-state index in [1.54, 1.807) is 12.1 Å². The van der Waals surface area contributed by atoms with Crippen LogP contribution >= 0.6 is 23.7 Å². The van der Waals surface area contributed by atoms with Gasteiger partial charge < -0.3 is 10.6 Å². The molecule has 1 aliphatic heterocycles. The first-order valence-electron chi connectivity index (χ1n) is 7.66. The topological polar surface area (TPSA) is 41.1 Å². The molecule has 3 rings (SSSR count). The zero-order chi connectivity index (χ0) is 16.2. The van der Waals surface area contributed by atoms with Gasteiger partial charge in [-0.2, -0.15) is 0 Å². The predicted octanol–water partition coefficient (Wildman–Crippen LogP) is 3.93. The first kappa shape index (κ1) is 18.6. The zero-order valence-corrected chi connectivity index (χ0v) is 15.0. The van der Waals surface area contributed by atoms with E-state index in [4.69, 9.17) is 0 Å². The lowest BCUT2D eigenvalue weighted by Gasteiger charge is -2.14. The van der Waals surface area contributed by atoms with Crippen LogP contribution in [0.1, 0.15) is 21.7 Å². The summed E-state index contributed by atoms with van der Waals surface area (Å²) < 4.78 is 13.0. The van der Waals surface area contributed by atoms with Crippen molar-refractivity contribution in [2.45, 2.75) is 13.3 Å². The van der Waals surface area contributed by atoms with E-state index in [1.807, 2.05) is 13.0 Å². The fourth-order valence-electron chi connectivity index (χ4n) is 2.59. The Balaban J connectivity index is 0.00000208. The van der Waals surface area contributed by atoms with Crippen molar-refractivity contribution in [1.82, 2.24) is 10.6 Å². The molecule has 1 aromatic carbocycles. The fourth-order valence-corrected chi connectivity index (χ4v) is 3.69. The molecule has 0 spiro atoms. The number of nitrogens with one attached hydrogen (secondary N) is 2. The molecular weight excluding hydrogens is 347 g/mol. The van der Waals surface area contributed by atoms with Crippen molar-refractivity contribution < 1.29 is 9.18 Å². The number of carbonyl (C=O) groups is 1. The molecule has 2 aromatic rings. The first-order chi connectivity index (χ1) is 11.1. The summed E-state index contributed by atoms with van der Waals surface area (Å²) in [4.78, 5) is 14.0. The second kappa shape index (κ2) is 8.42. The van der Waals surface area contributed by atoms with Crippen molar-refractivity contribution in [3.63, 3.8) is 0 Å². The fraction of sp³-hybridized carbons (Fsp3) is 0.278. The molecule has 2 N–H and O–H groups in total. The van der Waals surface area contributed by atoms with Gasteiger partial charge in [0.1, 0.15) is 5.82 Å². The van der Waals surface area contributed by atoms with Crippen molar-refractivity contribution >= 4 is 29.7 Å². The Labute approximate surface area is 151 Å². The van der Waals surface area contributed by atoms with Crippen LogP contribution < -0.4 is 10.6 Å². The van der Waals surface area contributed by atoms with Gasteiger partial charge in [0.05, 0.1) is 4.88 Å². The number of rotatable bonds is 4. The Bertz CT molecular complexity index is 740. The average Bonchev–Trinajstić information content (AvgIpc) is 2.96. The number of hydrogen-bond donors (Lipinski definition) is 2. The van der Waals surface area contributed by atoms with Gasteiger partial charge >= 0.3 is 0 Å². The molecule has 1 amide bonds. The van der Waals surface area contributed by atoms with E-state index in [9.17, 15) is 9.18 Å². The maximum atomic E-state index is 13.0. The molecule has 0 aliphatic carbocycles. The molecule has 128 valence electrons. The van der Waals surface area contributed by atoms with E-state index in [2.05, 4.69) is 16.7 Å². The highest BCUT2D eigenvalue weighted by molar-refractivity contribution is 7.17. The smallest absolute Gasteiger partial charge is 0.261 e. The number of thiophene rings is 1. The third kappa shape index (κ3) is 4.44. The van der Waals surface area contributed by atoms with Crippen molar-refractivity contribution in [3.8, 4) is 10.4 Å². The Morgan fingerprint density at radius 1 is 1.33 bits per heavy atom. The van der Waals surface area contributed by atoms with Gasteiger partial charge in [-0.3, -0.25) is 4.79 Å². The minimum absolute atomic E-state index is 0. The van der Waals surface area contributed by atoms with E-state index in [0.29, 0.717) is 11.4 Å². The molecule has 24 heavy (non-hydrogen) atoms. The largest absolute Gasteiger partial charge is 0.348 e. The third-order valence-corrected chi connectivity index (χ3v) is 5.17. The summed E-state index contributed by atoms with van der Waals surface area (Å²) in [5.41, 5.74) is 3.24. The van der Waals surface area contributed by atoms with Crippen molar-refractivity contribution in [1.29, 1.82) is 0 Å². The Kier molecular flexibility index (Phi) is 6.54. The van der Waals surface area contributed by atoms with Crippen LogP contribution in [-0.2, 0) is 0 Å². The molecule has 6 heteroatoms. The van der Waals surface area contributed by atoms with Crippen LogP contribution in [0, 0.1) is 12.7 Å². The summed E-state index contributed by atoms with van der Waals surface area (Å²) in [6.07, 6.45) is 3.11. The SMILES string of the molecule is Cc1cc(C(=O)NCC2=CCNCC2)sc1-c1ccc(F)cc1.Cl. The Morgan fingerprint density at radius 3 is 2.75 bits per heavy atom. The normalized spacial score (nSPS) is 13.8. The summed E-state index contributed by atoms with van der Waals surface area (Å²) in [6.45, 7) is 4.41. The molecular formula is C18H20ClFN2OS. The Hall–Kier alpha value is -1.69. The van der Waals surface area contributed by atoms with Crippen molar-refractivity contribution in [2.75, 3.05) is 19.6 Å². The van der Waals surface area contributed by atoms with Crippen LogP contribution in [0.2, 0.25) is 0 Å². The summed E-state index contributed by atoms with van der Waals surface area (Å²) in [6, 6.07) is 8.27. The molecule has 0 fully saturated rings. The minimum Gasteiger partial charge on any atom is -0.348 e. The second-order valence-corrected chi connectivity index (χ2v) is 6.68. The highest BCUT2D eigenvalue weighted by Crippen LogP contribution is 2.32. The van der Waals surface area contributed by atoms with E-state index >= 15 is 0 Å². The van der Waals surface area contributed by atoms with E-state index in [0.717, 1.165) is 35.5 Å². The van der Waals surface area contributed by atoms with Crippen LogP contribution in [-0.4, -0.2) is 25.5 Å². The van der Waals surface area contributed by atoms with Crippen LogP contribution in [0.4, 0.5) is 4.39 Å². The zero-order valence-electron chi connectivity index (χ0n) is 13.4. The highest BCUT2D eigenvalue weighted by Gasteiger charge is 2.14. The van der Waals surface area contributed by atoms with Gasteiger partial charge in [0.15, 0.2) is 0 Å². The van der Waals surface area contributed by atoms with E-state index in [1.165, 1.54) is 29.0 Å². The van der Waals surface area contributed by atoms with Gasteiger partial charge in [0, 0.05) is 18.0 Å². The maximum absolute atomic E-state index is 13.0.